The van der Waals surface area contributed by atoms with Crippen LogP contribution in [0.2, 0.25) is 0 Å². The Kier molecular flexibility index (Phi) is 4.90. The van der Waals surface area contributed by atoms with Gasteiger partial charge in [0.1, 0.15) is 6.04 Å². The van der Waals surface area contributed by atoms with Crippen molar-refractivity contribution in [2.75, 3.05) is 40.5 Å². The first-order valence-corrected chi connectivity index (χ1v) is 6.42. The number of carbonyl (C=O) groups excluding carboxylic acids is 1. The molecule has 0 radical (unpaired) electrons. The highest BCUT2D eigenvalue weighted by Gasteiger charge is 2.31. The Bertz CT molecular complexity index is 404. The third kappa shape index (κ3) is 3.32. The zero-order valence-electron chi connectivity index (χ0n) is 11.4. The second-order valence-corrected chi connectivity index (χ2v) is 4.48. The van der Waals surface area contributed by atoms with Crippen molar-refractivity contribution in [1.82, 2.24) is 9.96 Å². The Morgan fingerprint density at radius 1 is 1.32 bits per heavy atom. The van der Waals surface area contributed by atoms with Crippen LogP contribution in [0.4, 0.5) is 0 Å². The van der Waals surface area contributed by atoms with E-state index in [1.165, 1.54) is 12.2 Å². The molecule has 1 aromatic rings. The summed E-state index contributed by atoms with van der Waals surface area (Å²) < 4.78 is 5.35. The molecule has 0 bridgehead atoms. The van der Waals surface area contributed by atoms with Crippen LogP contribution in [0.3, 0.4) is 0 Å². The van der Waals surface area contributed by atoms with Crippen LogP contribution in [0, 0.1) is 0 Å². The fourth-order valence-corrected chi connectivity index (χ4v) is 2.24. The molecule has 0 N–H and O–H groups in total. The molecule has 5 heteroatoms. The van der Waals surface area contributed by atoms with Crippen LogP contribution in [-0.4, -0.2) is 56.3 Å². The van der Waals surface area contributed by atoms with E-state index in [1.807, 2.05) is 30.3 Å². The van der Waals surface area contributed by atoms with Crippen molar-refractivity contribution in [2.24, 2.45) is 0 Å². The van der Waals surface area contributed by atoms with Gasteiger partial charge >= 0.3 is 0 Å². The van der Waals surface area contributed by atoms with Crippen molar-refractivity contribution in [2.45, 2.75) is 6.04 Å². The Labute approximate surface area is 113 Å². The fourth-order valence-electron chi connectivity index (χ4n) is 2.24. The lowest BCUT2D eigenvalue weighted by molar-refractivity contribution is -0.176. The fraction of sp³-hybridized carbons (Fsp3) is 0.500. The molecule has 0 aromatic heterocycles. The number of morpholine rings is 1. The summed E-state index contributed by atoms with van der Waals surface area (Å²) in [5.41, 5.74) is 0.985. The third-order valence-electron chi connectivity index (χ3n) is 3.34. The molecule has 1 aromatic carbocycles. The van der Waals surface area contributed by atoms with Gasteiger partial charge in [0.15, 0.2) is 0 Å². The molecule has 1 saturated heterocycles. The van der Waals surface area contributed by atoms with Gasteiger partial charge in [0.25, 0.3) is 5.91 Å². The molecule has 0 spiro atoms. The summed E-state index contributed by atoms with van der Waals surface area (Å²) in [5, 5.41) is 1.28. The van der Waals surface area contributed by atoms with Gasteiger partial charge in [0.2, 0.25) is 0 Å². The van der Waals surface area contributed by atoms with E-state index < -0.39 is 0 Å². The first-order chi connectivity index (χ1) is 9.24. The maximum atomic E-state index is 12.5. The molecule has 1 heterocycles. The van der Waals surface area contributed by atoms with Gasteiger partial charge < -0.3 is 4.74 Å². The monoisotopic (exact) mass is 264 g/mol. The number of hydrogen-bond acceptors (Lipinski definition) is 4. The number of amides is 1. The molecule has 1 fully saturated rings. The van der Waals surface area contributed by atoms with E-state index in [2.05, 4.69) is 4.90 Å². The van der Waals surface area contributed by atoms with Crippen molar-refractivity contribution >= 4 is 5.91 Å². The highest BCUT2D eigenvalue weighted by atomic mass is 16.7. The number of likely N-dealkylation sites (N-methyl/N-ethyl adjacent to an activating group) is 1. The van der Waals surface area contributed by atoms with Crippen molar-refractivity contribution in [1.29, 1.82) is 0 Å². The maximum Gasteiger partial charge on any atom is 0.267 e. The average Bonchev–Trinajstić information content (AvgIpc) is 2.49. The zero-order chi connectivity index (χ0) is 13.7. The van der Waals surface area contributed by atoms with Gasteiger partial charge in [0, 0.05) is 20.1 Å². The number of benzene rings is 1. The minimum atomic E-state index is -0.310. The number of hydrogen-bond donors (Lipinski definition) is 0. The molecule has 0 saturated carbocycles. The van der Waals surface area contributed by atoms with E-state index in [-0.39, 0.29) is 11.9 Å². The lowest BCUT2D eigenvalue weighted by atomic mass is 10.0. The summed E-state index contributed by atoms with van der Waals surface area (Å²) in [7, 11) is 3.14. The quantitative estimate of drug-likeness (QED) is 0.763. The van der Waals surface area contributed by atoms with E-state index in [0.29, 0.717) is 13.2 Å². The van der Waals surface area contributed by atoms with Crippen LogP contribution in [0.1, 0.15) is 11.6 Å². The average molecular weight is 264 g/mol. The van der Waals surface area contributed by atoms with Gasteiger partial charge in [-0.25, -0.2) is 5.06 Å². The molecule has 1 atom stereocenters. The van der Waals surface area contributed by atoms with Crippen LogP contribution in [-0.2, 0) is 14.4 Å². The molecular formula is C14H20N2O3. The summed E-state index contributed by atoms with van der Waals surface area (Å²) in [5.74, 6) is -0.0596. The predicted molar refractivity (Wildman–Crippen MR) is 71.4 cm³/mol. The van der Waals surface area contributed by atoms with Gasteiger partial charge in [-0.3, -0.25) is 14.5 Å². The normalized spacial score (nSPS) is 18.0. The highest BCUT2D eigenvalue weighted by Crippen LogP contribution is 2.23. The smallest absolute Gasteiger partial charge is 0.267 e. The summed E-state index contributed by atoms with van der Waals surface area (Å²) in [6.07, 6.45) is 0. The summed E-state index contributed by atoms with van der Waals surface area (Å²) in [6.45, 7) is 2.83. The second-order valence-electron chi connectivity index (χ2n) is 4.48. The first-order valence-electron chi connectivity index (χ1n) is 6.42. The minimum Gasteiger partial charge on any atom is -0.379 e. The van der Waals surface area contributed by atoms with Crippen molar-refractivity contribution in [3.05, 3.63) is 35.9 Å². The minimum absolute atomic E-state index is 0.0596. The molecule has 1 aliphatic heterocycles. The molecule has 1 unspecified atom stereocenters. The molecule has 5 nitrogen and oxygen atoms in total. The Balaban J connectivity index is 2.24. The van der Waals surface area contributed by atoms with Gasteiger partial charge in [-0.05, 0) is 5.56 Å². The lowest BCUT2D eigenvalue weighted by Crippen LogP contribution is -2.46. The molecule has 19 heavy (non-hydrogen) atoms. The molecule has 1 amide bonds. The summed E-state index contributed by atoms with van der Waals surface area (Å²) >= 11 is 0. The topological polar surface area (TPSA) is 42.0 Å². The van der Waals surface area contributed by atoms with E-state index in [1.54, 1.807) is 7.05 Å². The van der Waals surface area contributed by atoms with Crippen LogP contribution >= 0.6 is 0 Å². The lowest BCUT2D eigenvalue weighted by Gasteiger charge is -2.35. The maximum absolute atomic E-state index is 12.5. The summed E-state index contributed by atoms with van der Waals surface area (Å²) in [6, 6.07) is 9.48. The van der Waals surface area contributed by atoms with E-state index in [4.69, 9.17) is 9.57 Å². The van der Waals surface area contributed by atoms with E-state index in [0.717, 1.165) is 18.7 Å². The largest absolute Gasteiger partial charge is 0.379 e. The predicted octanol–water partition coefficient (Wildman–Crippen LogP) is 1.08. The molecule has 104 valence electrons. The molecular weight excluding hydrogens is 244 g/mol. The van der Waals surface area contributed by atoms with Crippen molar-refractivity contribution in [3.8, 4) is 0 Å². The number of nitrogens with zero attached hydrogens (tertiary/aromatic N) is 2. The first kappa shape index (κ1) is 14.0. The summed E-state index contributed by atoms with van der Waals surface area (Å²) in [4.78, 5) is 19.7. The Morgan fingerprint density at radius 3 is 2.53 bits per heavy atom. The van der Waals surface area contributed by atoms with Gasteiger partial charge in [0.05, 0.1) is 20.3 Å². The molecule has 2 rings (SSSR count). The van der Waals surface area contributed by atoms with Crippen molar-refractivity contribution < 1.29 is 14.4 Å². The zero-order valence-corrected chi connectivity index (χ0v) is 11.4. The SMILES string of the molecule is CON(C)C(=O)C(c1ccccc1)N1CCOCC1. The molecule has 0 aliphatic carbocycles. The van der Waals surface area contributed by atoms with E-state index >= 15 is 0 Å². The number of ether oxygens (including phenoxy) is 1. The van der Waals surface area contributed by atoms with Crippen LogP contribution in [0.5, 0.6) is 0 Å². The van der Waals surface area contributed by atoms with E-state index in [9.17, 15) is 4.79 Å². The van der Waals surface area contributed by atoms with Crippen LogP contribution < -0.4 is 0 Å². The highest BCUT2D eigenvalue weighted by molar-refractivity contribution is 5.82. The van der Waals surface area contributed by atoms with Gasteiger partial charge in [-0.15, -0.1) is 0 Å². The number of rotatable bonds is 4. The van der Waals surface area contributed by atoms with Crippen LogP contribution in [0.15, 0.2) is 30.3 Å². The number of hydroxylamine groups is 2. The second kappa shape index (κ2) is 6.65. The standard InChI is InChI=1S/C14H20N2O3/c1-15(18-2)14(17)13(12-6-4-3-5-7-12)16-8-10-19-11-9-16/h3-7,13H,8-11H2,1-2H3. The molecule has 1 aliphatic rings. The third-order valence-corrected chi connectivity index (χ3v) is 3.34. The van der Waals surface area contributed by atoms with Crippen molar-refractivity contribution in [3.63, 3.8) is 0 Å². The van der Waals surface area contributed by atoms with Crippen LogP contribution in [0.25, 0.3) is 0 Å². The Hall–Kier alpha value is -1.43. The Morgan fingerprint density at radius 2 is 1.95 bits per heavy atom. The van der Waals surface area contributed by atoms with Gasteiger partial charge in [-0.2, -0.15) is 0 Å². The number of carbonyl (C=O) groups is 1. The van der Waals surface area contributed by atoms with Gasteiger partial charge in [-0.1, -0.05) is 30.3 Å².